The molecule has 0 aromatic heterocycles. The monoisotopic (exact) mass is 498 g/mol. The smallest absolute Gasteiger partial charge is 0.410 e. The van der Waals surface area contributed by atoms with Crippen molar-refractivity contribution in [2.45, 2.75) is 38.9 Å². The zero-order valence-electron chi connectivity index (χ0n) is 19.6. The Balaban J connectivity index is 1.22. The number of carbonyl (C=O) groups is 3. The molecule has 8 nitrogen and oxygen atoms in total. The minimum Gasteiger partial charge on any atom is -0.490 e. The van der Waals surface area contributed by atoms with Crippen LogP contribution in [-0.2, 0) is 9.53 Å². The first-order valence-corrected chi connectivity index (χ1v) is 11.7. The zero-order valence-corrected chi connectivity index (χ0v) is 20.4. The molecular formula is C26H27ClN2O6. The van der Waals surface area contributed by atoms with E-state index in [1.165, 1.54) is 6.07 Å². The van der Waals surface area contributed by atoms with Crippen LogP contribution in [0.3, 0.4) is 0 Å². The maximum Gasteiger partial charge on any atom is 0.410 e. The highest BCUT2D eigenvalue weighted by Crippen LogP contribution is 2.30. The number of aryl methyl sites for hydroxylation is 2. The summed E-state index contributed by atoms with van der Waals surface area (Å²) in [6.07, 6.45) is -1.54. The predicted molar refractivity (Wildman–Crippen MR) is 130 cm³/mol. The number of fused-ring (bicyclic) bond motifs is 1. The molecule has 2 aliphatic rings. The van der Waals surface area contributed by atoms with E-state index in [0.717, 1.165) is 16.9 Å². The van der Waals surface area contributed by atoms with Crippen molar-refractivity contribution in [3.8, 4) is 11.5 Å². The molecule has 2 aliphatic heterocycles. The Morgan fingerprint density at radius 3 is 2.66 bits per heavy atom. The molecule has 9 heteroatoms. The fourth-order valence-electron chi connectivity index (χ4n) is 4.08. The average molecular weight is 499 g/mol. The lowest BCUT2D eigenvalue weighted by Gasteiger charge is -2.25. The van der Waals surface area contributed by atoms with Crippen LogP contribution in [0.1, 0.15) is 34.3 Å². The molecule has 184 valence electrons. The fraction of sp³-hybridized carbons (Fsp3) is 0.346. The Kier molecular flexibility index (Phi) is 7.31. The molecule has 2 aromatic carbocycles. The highest BCUT2D eigenvalue weighted by atomic mass is 35.5. The van der Waals surface area contributed by atoms with Crippen LogP contribution >= 0.6 is 11.6 Å². The van der Waals surface area contributed by atoms with E-state index in [1.807, 2.05) is 26.0 Å². The van der Waals surface area contributed by atoms with E-state index >= 15 is 0 Å². The summed E-state index contributed by atoms with van der Waals surface area (Å²) in [5, 5.41) is 3.11. The fourth-order valence-corrected chi connectivity index (χ4v) is 4.25. The van der Waals surface area contributed by atoms with Gasteiger partial charge < -0.3 is 24.4 Å². The van der Waals surface area contributed by atoms with Crippen molar-refractivity contribution >= 4 is 29.4 Å². The van der Waals surface area contributed by atoms with E-state index in [0.29, 0.717) is 41.5 Å². The molecule has 0 radical (unpaired) electrons. The van der Waals surface area contributed by atoms with Gasteiger partial charge in [-0.15, -0.1) is 0 Å². The molecule has 0 saturated carbocycles. The van der Waals surface area contributed by atoms with Gasteiger partial charge in [0, 0.05) is 23.7 Å². The minimum absolute atomic E-state index is 0.0902. The van der Waals surface area contributed by atoms with Gasteiger partial charge in [-0.05, 0) is 55.3 Å². The molecule has 1 saturated heterocycles. The van der Waals surface area contributed by atoms with Crippen molar-refractivity contribution in [2.24, 2.45) is 0 Å². The average Bonchev–Trinajstić information content (AvgIpc) is 3.15. The number of carbonyl (C=O) groups excluding carboxylic acids is 3. The van der Waals surface area contributed by atoms with Gasteiger partial charge >= 0.3 is 6.09 Å². The van der Waals surface area contributed by atoms with Gasteiger partial charge in [0.15, 0.2) is 18.0 Å². The maximum atomic E-state index is 12.6. The van der Waals surface area contributed by atoms with Crippen LogP contribution in [0.25, 0.3) is 0 Å². The highest BCUT2D eigenvalue weighted by Gasteiger charge is 2.33. The lowest BCUT2D eigenvalue weighted by Crippen LogP contribution is -2.42. The Morgan fingerprint density at radius 1 is 1.17 bits per heavy atom. The number of ketones is 1. The number of rotatable bonds is 8. The first kappa shape index (κ1) is 24.6. The van der Waals surface area contributed by atoms with Crippen molar-refractivity contribution in [1.82, 2.24) is 10.2 Å². The zero-order chi connectivity index (χ0) is 25.1. The molecule has 0 aliphatic carbocycles. The van der Waals surface area contributed by atoms with Crippen molar-refractivity contribution < 1.29 is 28.6 Å². The molecule has 2 aromatic rings. The molecule has 2 atom stereocenters. The van der Waals surface area contributed by atoms with Gasteiger partial charge in [0.05, 0.1) is 18.5 Å². The number of nitrogens with one attached hydrogen (secondary N) is 1. The van der Waals surface area contributed by atoms with E-state index in [-0.39, 0.29) is 24.9 Å². The number of benzene rings is 2. The van der Waals surface area contributed by atoms with E-state index in [9.17, 15) is 14.4 Å². The van der Waals surface area contributed by atoms with Gasteiger partial charge in [-0.3, -0.25) is 9.59 Å². The third kappa shape index (κ3) is 6.14. The maximum absolute atomic E-state index is 12.6. The summed E-state index contributed by atoms with van der Waals surface area (Å²) in [5.74, 6) is 0.383. The van der Waals surface area contributed by atoms with E-state index < -0.39 is 18.1 Å². The predicted octanol–water partition coefficient (Wildman–Crippen LogP) is 4.21. The van der Waals surface area contributed by atoms with Gasteiger partial charge in [-0.1, -0.05) is 24.2 Å². The molecule has 1 fully saturated rings. The second-order valence-corrected chi connectivity index (χ2v) is 9.24. The quantitative estimate of drug-likeness (QED) is 0.586. The van der Waals surface area contributed by atoms with Crippen molar-refractivity contribution in [3.05, 3.63) is 70.4 Å². The van der Waals surface area contributed by atoms with Crippen molar-refractivity contribution in [1.29, 1.82) is 0 Å². The molecule has 1 unspecified atom stereocenters. The number of Topliss-reactive ketones (excluding diaryl/α,β-unsaturated/α-hetero) is 1. The Labute approximate surface area is 208 Å². The number of hydrogen-bond donors (Lipinski definition) is 1. The Bertz CT molecular complexity index is 1160. The number of ether oxygens (including phenoxy) is 3. The molecule has 0 bridgehead atoms. The van der Waals surface area contributed by atoms with Crippen LogP contribution in [-0.4, -0.2) is 54.6 Å². The van der Waals surface area contributed by atoms with Gasteiger partial charge in [-0.2, -0.15) is 0 Å². The SMILES string of the molecule is C=C(CCN1CC(COc2cc(C)cc(C)c2)OC1=O)NC(=O)[C@H]1CC(=O)c2cc(Cl)ccc2O1. The minimum atomic E-state index is -0.962. The first-order valence-electron chi connectivity index (χ1n) is 11.3. The summed E-state index contributed by atoms with van der Waals surface area (Å²) < 4.78 is 16.9. The largest absolute Gasteiger partial charge is 0.490 e. The number of amides is 2. The van der Waals surface area contributed by atoms with Gasteiger partial charge in [0.2, 0.25) is 0 Å². The van der Waals surface area contributed by atoms with Crippen LogP contribution in [0, 0.1) is 13.8 Å². The summed E-state index contributed by atoms with van der Waals surface area (Å²) in [6.45, 7) is 8.82. The van der Waals surface area contributed by atoms with Crippen LogP contribution < -0.4 is 14.8 Å². The van der Waals surface area contributed by atoms with Crippen LogP contribution in [0.2, 0.25) is 5.02 Å². The molecule has 2 heterocycles. The van der Waals surface area contributed by atoms with E-state index in [4.69, 9.17) is 25.8 Å². The van der Waals surface area contributed by atoms with Crippen molar-refractivity contribution in [3.63, 3.8) is 0 Å². The second-order valence-electron chi connectivity index (χ2n) is 8.80. The Morgan fingerprint density at radius 2 is 1.91 bits per heavy atom. The molecular weight excluding hydrogens is 472 g/mol. The van der Waals surface area contributed by atoms with Crippen LogP contribution in [0.15, 0.2) is 48.7 Å². The second kappa shape index (κ2) is 10.4. The number of cyclic esters (lactones) is 1. The first-order chi connectivity index (χ1) is 16.7. The molecule has 2 amide bonds. The van der Waals surface area contributed by atoms with Crippen molar-refractivity contribution in [2.75, 3.05) is 19.7 Å². The summed E-state index contributed by atoms with van der Waals surface area (Å²) in [5.41, 5.74) is 2.98. The van der Waals surface area contributed by atoms with Gasteiger partial charge in [0.25, 0.3) is 5.91 Å². The molecule has 4 rings (SSSR count). The number of hydrogen-bond acceptors (Lipinski definition) is 6. The Hall–Kier alpha value is -3.52. The number of nitrogens with zero attached hydrogens (tertiary/aromatic N) is 1. The van der Waals surface area contributed by atoms with Crippen LogP contribution in [0.5, 0.6) is 11.5 Å². The summed E-state index contributed by atoms with van der Waals surface area (Å²) in [6, 6.07) is 10.6. The summed E-state index contributed by atoms with van der Waals surface area (Å²) in [7, 11) is 0. The molecule has 1 N–H and O–H groups in total. The lowest BCUT2D eigenvalue weighted by atomic mass is 10.0. The molecule has 35 heavy (non-hydrogen) atoms. The van der Waals surface area contributed by atoms with E-state index in [2.05, 4.69) is 18.0 Å². The van der Waals surface area contributed by atoms with Crippen LogP contribution in [0.4, 0.5) is 4.79 Å². The summed E-state index contributed by atoms with van der Waals surface area (Å²) >= 11 is 5.93. The standard InChI is InChI=1S/C26H27ClN2O6/c1-15-8-16(2)10-19(9-15)33-14-20-13-29(26(32)34-20)7-6-17(3)28-25(31)24-12-22(30)21-11-18(27)4-5-23(21)35-24/h4-5,8-11,20,24H,3,6-7,12-14H2,1-2H3,(H,28,31)/t20?,24-/m1/s1. The normalized spacial score (nSPS) is 19.0. The molecule has 0 spiro atoms. The van der Waals surface area contributed by atoms with Gasteiger partial charge in [0.1, 0.15) is 18.1 Å². The third-order valence-corrected chi connectivity index (χ3v) is 5.97. The lowest BCUT2D eigenvalue weighted by molar-refractivity contribution is -0.127. The third-order valence-electron chi connectivity index (χ3n) is 5.74. The topological polar surface area (TPSA) is 94.2 Å². The number of halogens is 1. The highest BCUT2D eigenvalue weighted by molar-refractivity contribution is 6.31. The van der Waals surface area contributed by atoms with Gasteiger partial charge in [-0.25, -0.2) is 4.79 Å². The summed E-state index contributed by atoms with van der Waals surface area (Å²) in [4.78, 5) is 38.8. The van der Waals surface area contributed by atoms with E-state index in [1.54, 1.807) is 17.0 Å².